The molecule has 14 heavy (non-hydrogen) atoms. The second-order valence-electron chi connectivity index (χ2n) is 3.30. The molecule has 5 heteroatoms. The predicted octanol–water partition coefficient (Wildman–Crippen LogP) is 2.33. The van der Waals surface area contributed by atoms with E-state index in [0.29, 0.717) is 5.25 Å². The number of nitrogens with zero attached hydrogens (tertiary/aromatic N) is 1. The van der Waals surface area contributed by atoms with Crippen LogP contribution >= 0.6 is 35.1 Å². The van der Waals surface area contributed by atoms with Crippen molar-refractivity contribution in [3.63, 3.8) is 0 Å². The van der Waals surface area contributed by atoms with Gasteiger partial charge in [0.1, 0.15) is 6.10 Å². The van der Waals surface area contributed by atoms with Gasteiger partial charge in [0.2, 0.25) is 0 Å². The fourth-order valence-electron chi connectivity index (χ4n) is 1.39. The Morgan fingerprint density at radius 3 is 3.00 bits per heavy atom. The largest absolute Gasteiger partial charge is 0.386 e. The molecule has 1 fully saturated rings. The van der Waals surface area contributed by atoms with Crippen molar-refractivity contribution in [3.8, 4) is 0 Å². The summed E-state index contributed by atoms with van der Waals surface area (Å²) in [5, 5.41) is 10.5. The molecule has 78 valence electrons. The number of rotatable bonds is 2. The summed E-state index contributed by atoms with van der Waals surface area (Å²) in [5.74, 6) is 3.43. The minimum Gasteiger partial charge on any atom is -0.386 e. The molecule has 1 aliphatic rings. The quantitative estimate of drug-likeness (QED) is 0.869. The first-order chi connectivity index (χ1) is 6.77. The minimum atomic E-state index is -0.320. The molecule has 2 nitrogen and oxygen atoms in total. The zero-order chi connectivity index (χ0) is 9.97. The van der Waals surface area contributed by atoms with Crippen molar-refractivity contribution >= 4 is 35.1 Å². The highest BCUT2D eigenvalue weighted by Gasteiger charge is 2.25. The number of thioether (sulfide) groups is 2. The summed E-state index contributed by atoms with van der Waals surface area (Å²) in [6.07, 6.45) is -0.320. The number of aliphatic hydroxyl groups is 1. The average Bonchev–Trinajstić information content (AvgIpc) is 2.65. The summed E-state index contributed by atoms with van der Waals surface area (Å²) in [4.78, 5) is 1.02. The summed E-state index contributed by atoms with van der Waals surface area (Å²) < 4.78 is 4.20. The fraction of sp³-hybridized carbons (Fsp3) is 0.667. The molecule has 1 saturated heterocycles. The van der Waals surface area contributed by atoms with E-state index in [0.717, 1.165) is 22.1 Å². The van der Waals surface area contributed by atoms with Crippen LogP contribution in [0.5, 0.6) is 0 Å². The van der Waals surface area contributed by atoms with Crippen LogP contribution in [-0.4, -0.2) is 32.0 Å². The average molecular weight is 247 g/mol. The fourth-order valence-corrected chi connectivity index (χ4v) is 5.02. The maximum atomic E-state index is 10.1. The van der Waals surface area contributed by atoms with Crippen LogP contribution in [-0.2, 0) is 0 Å². The molecular formula is C9H13NOS3. The Morgan fingerprint density at radius 1 is 1.57 bits per heavy atom. The second-order valence-corrected chi connectivity index (χ2v) is 6.63. The van der Waals surface area contributed by atoms with Crippen molar-refractivity contribution < 1.29 is 5.11 Å². The molecule has 2 heterocycles. The third kappa shape index (κ3) is 2.45. The van der Waals surface area contributed by atoms with Crippen LogP contribution in [0.2, 0.25) is 0 Å². The zero-order valence-electron chi connectivity index (χ0n) is 7.97. The van der Waals surface area contributed by atoms with Gasteiger partial charge >= 0.3 is 0 Å². The van der Waals surface area contributed by atoms with Gasteiger partial charge in [0, 0.05) is 22.5 Å². The van der Waals surface area contributed by atoms with Crippen LogP contribution in [0.1, 0.15) is 16.7 Å². The van der Waals surface area contributed by atoms with Gasteiger partial charge in [0.05, 0.1) is 10.6 Å². The lowest BCUT2D eigenvalue weighted by Crippen LogP contribution is -2.21. The van der Waals surface area contributed by atoms with E-state index in [-0.39, 0.29) is 6.10 Å². The molecule has 1 aromatic heterocycles. The molecular weight excluding hydrogens is 234 g/mol. The van der Waals surface area contributed by atoms with E-state index in [9.17, 15) is 5.11 Å². The van der Waals surface area contributed by atoms with Gasteiger partial charge in [-0.15, -0.1) is 0 Å². The maximum Gasteiger partial charge on any atom is 0.102 e. The molecule has 1 N–H and O–H groups in total. The predicted molar refractivity (Wildman–Crippen MR) is 65.4 cm³/mol. The monoisotopic (exact) mass is 247 g/mol. The molecule has 0 radical (unpaired) electrons. The Kier molecular flexibility index (Phi) is 3.76. The normalized spacial score (nSPS) is 24.9. The van der Waals surface area contributed by atoms with Gasteiger partial charge < -0.3 is 5.11 Å². The molecule has 0 spiro atoms. The summed E-state index contributed by atoms with van der Waals surface area (Å²) in [6.45, 7) is 1.97. The highest BCUT2D eigenvalue weighted by Crippen LogP contribution is 2.34. The third-order valence-corrected chi connectivity index (χ3v) is 5.93. The molecule has 0 bridgehead atoms. The first kappa shape index (κ1) is 10.8. The lowest BCUT2D eigenvalue weighted by Gasteiger charge is -2.24. The Balaban J connectivity index is 2.03. The van der Waals surface area contributed by atoms with E-state index < -0.39 is 0 Å². The number of aryl methyl sites for hydroxylation is 1. The number of hydrogen-bond acceptors (Lipinski definition) is 5. The Labute approximate surface area is 96.7 Å². The topological polar surface area (TPSA) is 33.1 Å². The molecule has 2 rings (SSSR count). The van der Waals surface area contributed by atoms with Crippen LogP contribution in [0.25, 0.3) is 0 Å². The molecule has 0 amide bonds. The van der Waals surface area contributed by atoms with Crippen molar-refractivity contribution in [3.05, 3.63) is 16.6 Å². The lowest BCUT2D eigenvalue weighted by atomic mass is 10.2. The zero-order valence-corrected chi connectivity index (χ0v) is 10.4. The standard InChI is InChI=1S/C9H13NOS3/c1-6-4-7(14-10-6)9(11)8-5-12-2-3-13-8/h4,8-9,11H,2-3,5H2,1H3. The lowest BCUT2D eigenvalue weighted by molar-refractivity contribution is 0.184. The Hall–Kier alpha value is 0.290. The molecule has 2 atom stereocenters. The van der Waals surface area contributed by atoms with Crippen LogP contribution in [0.4, 0.5) is 0 Å². The summed E-state index contributed by atoms with van der Waals surface area (Å²) in [7, 11) is 0. The maximum absolute atomic E-state index is 10.1. The summed E-state index contributed by atoms with van der Waals surface area (Å²) in [5.41, 5.74) is 1.01. The molecule has 1 aliphatic heterocycles. The molecule has 0 aliphatic carbocycles. The van der Waals surface area contributed by atoms with E-state index in [2.05, 4.69) is 4.37 Å². The second kappa shape index (κ2) is 4.88. The van der Waals surface area contributed by atoms with Crippen LogP contribution < -0.4 is 0 Å². The number of hydrogen-bond donors (Lipinski definition) is 1. The SMILES string of the molecule is Cc1cc(C(O)C2CSCCS2)sn1. The van der Waals surface area contributed by atoms with E-state index >= 15 is 0 Å². The van der Waals surface area contributed by atoms with Crippen molar-refractivity contribution in [1.29, 1.82) is 0 Å². The van der Waals surface area contributed by atoms with Gasteiger partial charge in [-0.1, -0.05) is 0 Å². The van der Waals surface area contributed by atoms with Crippen molar-refractivity contribution in [2.45, 2.75) is 18.3 Å². The molecule has 1 aromatic rings. The van der Waals surface area contributed by atoms with Gasteiger partial charge in [-0.2, -0.15) is 27.9 Å². The van der Waals surface area contributed by atoms with Gasteiger partial charge in [-0.3, -0.25) is 0 Å². The highest BCUT2D eigenvalue weighted by atomic mass is 32.2. The molecule has 0 saturated carbocycles. The molecule has 2 unspecified atom stereocenters. The van der Waals surface area contributed by atoms with Crippen LogP contribution in [0, 0.1) is 6.92 Å². The summed E-state index contributed by atoms with van der Waals surface area (Å²) in [6, 6.07) is 2.00. The van der Waals surface area contributed by atoms with E-state index in [1.807, 2.05) is 36.5 Å². The summed E-state index contributed by atoms with van der Waals surface area (Å²) >= 11 is 5.25. The van der Waals surface area contributed by atoms with E-state index in [4.69, 9.17) is 0 Å². The van der Waals surface area contributed by atoms with Crippen molar-refractivity contribution in [2.75, 3.05) is 17.3 Å². The van der Waals surface area contributed by atoms with Gasteiger partial charge in [0.15, 0.2) is 0 Å². The first-order valence-corrected chi connectivity index (χ1v) is 7.55. The van der Waals surface area contributed by atoms with Gasteiger partial charge in [0.25, 0.3) is 0 Å². The van der Waals surface area contributed by atoms with E-state index in [1.54, 1.807) is 0 Å². The van der Waals surface area contributed by atoms with E-state index in [1.165, 1.54) is 17.3 Å². The molecule has 0 aromatic carbocycles. The minimum absolute atomic E-state index is 0.320. The van der Waals surface area contributed by atoms with Crippen molar-refractivity contribution in [2.24, 2.45) is 0 Å². The highest BCUT2D eigenvalue weighted by molar-refractivity contribution is 8.06. The van der Waals surface area contributed by atoms with Gasteiger partial charge in [-0.05, 0) is 24.5 Å². The Bertz CT molecular complexity index is 296. The van der Waals surface area contributed by atoms with Crippen LogP contribution in [0.15, 0.2) is 6.07 Å². The third-order valence-electron chi connectivity index (χ3n) is 2.13. The number of aromatic nitrogens is 1. The van der Waals surface area contributed by atoms with Crippen molar-refractivity contribution in [1.82, 2.24) is 4.37 Å². The Morgan fingerprint density at radius 2 is 2.43 bits per heavy atom. The van der Waals surface area contributed by atoms with Crippen LogP contribution in [0.3, 0.4) is 0 Å². The number of aliphatic hydroxyl groups excluding tert-OH is 1. The van der Waals surface area contributed by atoms with Gasteiger partial charge in [-0.25, -0.2) is 0 Å². The smallest absolute Gasteiger partial charge is 0.102 e. The first-order valence-electron chi connectivity index (χ1n) is 4.58.